The number of likely N-dealkylation sites (tertiary alicyclic amines) is 1. The van der Waals surface area contributed by atoms with Crippen molar-refractivity contribution in [2.45, 2.75) is 32.0 Å². The van der Waals surface area contributed by atoms with Gasteiger partial charge in [0.25, 0.3) is 0 Å². The second kappa shape index (κ2) is 3.50. The lowest BCUT2D eigenvalue weighted by molar-refractivity contribution is -0.0476. The molecule has 2 bridgehead atoms. The molecule has 1 aromatic heterocycles. The van der Waals surface area contributed by atoms with Crippen LogP contribution in [-0.4, -0.2) is 39.5 Å². The quantitative estimate of drug-likeness (QED) is 0.764. The summed E-state index contributed by atoms with van der Waals surface area (Å²) in [5.41, 5.74) is 1.05. The number of piperazine rings is 1. The second-order valence-corrected chi connectivity index (χ2v) is 5.08. The molecule has 5 heteroatoms. The van der Waals surface area contributed by atoms with Gasteiger partial charge in [-0.05, 0) is 13.3 Å². The Hall–Kier alpha value is -0.520. The lowest BCUT2D eigenvalue weighted by Gasteiger charge is -2.55. The molecule has 2 unspecified atom stereocenters. The maximum absolute atomic E-state index is 5.08. The van der Waals surface area contributed by atoms with Crippen LogP contribution in [0.4, 0.5) is 0 Å². The van der Waals surface area contributed by atoms with E-state index in [-0.39, 0.29) is 0 Å². The van der Waals surface area contributed by atoms with E-state index in [0.717, 1.165) is 31.1 Å². The molecule has 15 heavy (non-hydrogen) atoms. The standard InChI is InChI=1S/C10H15N3OS/c1-7-2-8(11-14-7)4-13-9-3-10(13)6-12(15)5-9/h2,9-10,15H,3-6H2,1H3. The van der Waals surface area contributed by atoms with Crippen LogP contribution >= 0.6 is 12.8 Å². The minimum atomic E-state index is 0.665. The zero-order chi connectivity index (χ0) is 10.4. The van der Waals surface area contributed by atoms with Crippen molar-refractivity contribution in [2.24, 2.45) is 0 Å². The molecule has 0 amide bonds. The van der Waals surface area contributed by atoms with Crippen LogP contribution in [0.15, 0.2) is 10.6 Å². The molecule has 0 aromatic carbocycles. The summed E-state index contributed by atoms with van der Waals surface area (Å²) in [5.74, 6) is 0.895. The third kappa shape index (κ3) is 1.68. The van der Waals surface area contributed by atoms with Crippen molar-refractivity contribution in [1.82, 2.24) is 14.4 Å². The average Bonchev–Trinajstić information content (AvgIpc) is 2.60. The van der Waals surface area contributed by atoms with Crippen LogP contribution in [-0.2, 0) is 6.54 Å². The lowest BCUT2D eigenvalue weighted by atomic mass is 9.88. The third-order valence-corrected chi connectivity index (χ3v) is 3.67. The topological polar surface area (TPSA) is 32.5 Å². The van der Waals surface area contributed by atoms with E-state index in [9.17, 15) is 0 Å². The van der Waals surface area contributed by atoms with E-state index in [0.29, 0.717) is 12.1 Å². The highest BCUT2D eigenvalue weighted by Gasteiger charge is 2.43. The molecule has 3 heterocycles. The maximum atomic E-state index is 5.08. The predicted octanol–water partition coefficient (Wildman–Crippen LogP) is 1.09. The Kier molecular flexibility index (Phi) is 2.26. The molecule has 2 aliphatic rings. The van der Waals surface area contributed by atoms with Crippen molar-refractivity contribution in [3.05, 3.63) is 17.5 Å². The molecule has 82 valence electrons. The van der Waals surface area contributed by atoms with Crippen molar-refractivity contribution < 1.29 is 4.52 Å². The predicted molar refractivity (Wildman–Crippen MR) is 59.5 cm³/mol. The molecule has 2 saturated heterocycles. The number of aromatic nitrogens is 1. The Morgan fingerprint density at radius 3 is 2.87 bits per heavy atom. The van der Waals surface area contributed by atoms with E-state index in [1.165, 1.54) is 6.42 Å². The first-order valence-electron chi connectivity index (χ1n) is 5.34. The molecule has 3 rings (SSSR count). The highest BCUT2D eigenvalue weighted by molar-refractivity contribution is 7.77. The summed E-state index contributed by atoms with van der Waals surface area (Å²) < 4.78 is 7.19. The Labute approximate surface area is 94.7 Å². The van der Waals surface area contributed by atoms with Crippen LogP contribution < -0.4 is 0 Å². The average molecular weight is 225 g/mol. The monoisotopic (exact) mass is 225 g/mol. The van der Waals surface area contributed by atoms with Gasteiger partial charge in [-0.1, -0.05) is 18.0 Å². The Bertz CT molecular complexity index is 355. The Morgan fingerprint density at radius 2 is 2.27 bits per heavy atom. The van der Waals surface area contributed by atoms with Gasteiger partial charge in [0.15, 0.2) is 0 Å². The number of aryl methyl sites for hydroxylation is 1. The molecule has 0 aliphatic carbocycles. The second-order valence-electron chi connectivity index (χ2n) is 4.52. The fraction of sp³-hybridized carbons (Fsp3) is 0.700. The van der Waals surface area contributed by atoms with E-state index in [1.807, 2.05) is 13.0 Å². The van der Waals surface area contributed by atoms with Gasteiger partial charge < -0.3 is 4.52 Å². The summed E-state index contributed by atoms with van der Waals surface area (Å²) in [7, 11) is 0. The highest BCUT2D eigenvalue weighted by Crippen LogP contribution is 2.33. The third-order valence-electron chi connectivity index (χ3n) is 3.35. The van der Waals surface area contributed by atoms with Crippen molar-refractivity contribution in [3.8, 4) is 0 Å². The number of piperidine rings is 1. The fourth-order valence-electron chi connectivity index (χ4n) is 2.60. The molecule has 0 saturated carbocycles. The van der Waals surface area contributed by atoms with Crippen LogP contribution in [0.2, 0.25) is 0 Å². The smallest absolute Gasteiger partial charge is 0.133 e. The summed E-state index contributed by atoms with van der Waals surface area (Å²) in [6.45, 7) is 4.99. The number of hydrogen-bond donors (Lipinski definition) is 1. The SMILES string of the molecule is Cc1cc(CN2C3CC2CN(S)C3)no1. The molecular formula is C10H15N3OS. The summed E-state index contributed by atoms with van der Waals surface area (Å²) >= 11 is 4.39. The van der Waals surface area contributed by atoms with E-state index < -0.39 is 0 Å². The number of hydrogen-bond acceptors (Lipinski definition) is 5. The molecule has 0 N–H and O–H groups in total. The van der Waals surface area contributed by atoms with Crippen molar-refractivity contribution in [2.75, 3.05) is 13.1 Å². The van der Waals surface area contributed by atoms with Gasteiger partial charge >= 0.3 is 0 Å². The molecule has 0 spiro atoms. The number of rotatable bonds is 2. The van der Waals surface area contributed by atoms with Gasteiger partial charge in [-0.3, -0.25) is 9.21 Å². The molecule has 2 fully saturated rings. The number of nitrogens with zero attached hydrogens (tertiary/aromatic N) is 3. The van der Waals surface area contributed by atoms with E-state index in [1.54, 1.807) is 0 Å². The van der Waals surface area contributed by atoms with Gasteiger partial charge in [-0.25, -0.2) is 0 Å². The molecule has 2 aliphatic heterocycles. The molecule has 0 radical (unpaired) electrons. The van der Waals surface area contributed by atoms with Crippen molar-refractivity contribution in [3.63, 3.8) is 0 Å². The van der Waals surface area contributed by atoms with Crippen LogP contribution in [0.5, 0.6) is 0 Å². The Morgan fingerprint density at radius 1 is 1.53 bits per heavy atom. The number of thiol groups is 1. The summed E-state index contributed by atoms with van der Waals surface area (Å²) in [6, 6.07) is 3.35. The van der Waals surface area contributed by atoms with E-state index >= 15 is 0 Å². The van der Waals surface area contributed by atoms with Gasteiger partial charge in [0.2, 0.25) is 0 Å². The Balaban J connectivity index is 1.66. The van der Waals surface area contributed by atoms with Crippen molar-refractivity contribution in [1.29, 1.82) is 0 Å². The molecule has 1 aromatic rings. The minimum absolute atomic E-state index is 0.665. The number of fused-ring (bicyclic) bond motifs is 2. The summed E-state index contributed by atoms with van der Waals surface area (Å²) in [5, 5.41) is 4.03. The van der Waals surface area contributed by atoms with Crippen LogP contribution in [0.1, 0.15) is 17.9 Å². The van der Waals surface area contributed by atoms with Crippen LogP contribution in [0.3, 0.4) is 0 Å². The van der Waals surface area contributed by atoms with Gasteiger partial charge in [0.1, 0.15) is 5.76 Å². The van der Waals surface area contributed by atoms with Crippen molar-refractivity contribution >= 4 is 12.8 Å². The summed E-state index contributed by atoms with van der Waals surface area (Å²) in [6.07, 6.45) is 1.31. The fourth-order valence-corrected chi connectivity index (χ4v) is 2.98. The van der Waals surface area contributed by atoms with Gasteiger partial charge in [-0.2, -0.15) is 0 Å². The first-order chi connectivity index (χ1) is 7.22. The summed E-state index contributed by atoms with van der Waals surface area (Å²) in [4.78, 5) is 2.50. The van der Waals surface area contributed by atoms with Crippen LogP contribution in [0, 0.1) is 6.92 Å². The molecule has 2 atom stereocenters. The zero-order valence-corrected chi connectivity index (χ0v) is 9.65. The molecule has 4 nitrogen and oxygen atoms in total. The zero-order valence-electron chi connectivity index (χ0n) is 8.76. The van der Waals surface area contributed by atoms with Gasteiger partial charge in [0, 0.05) is 37.8 Å². The molecular weight excluding hydrogens is 210 g/mol. The highest BCUT2D eigenvalue weighted by atomic mass is 32.1. The van der Waals surface area contributed by atoms with Gasteiger partial charge in [0.05, 0.1) is 5.69 Å². The lowest BCUT2D eigenvalue weighted by Crippen LogP contribution is -2.66. The van der Waals surface area contributed by atoms with Crippen LogP contribution in [0.25, 0.3) is 0 Å². The first-order valence-corrected chi connectivity index (χ1v) is 5.74. The normalized spacial score (nSPS) is 31.6. The van der Waals surface area contributed by atoms with Gasteiger partial charge in [-0.15, -0.1) is 0 Å². The largest absolute Gasteiger partial charge is 0.361 e. The maximum Gasteiger partial charge on any atom is 0.133 e. The van der Waals surface area contributed by atoms with E-state index in [4.69, 9.17) is 4.52 Å². The minimum Gasteiger partial charge on any atom is -0.361 e. The van der Waals surface area contributed by atoms with E-state index in [2.05, 4.69) is 27.2 Å². The first kappa shape index (κ1) is 9.69.